The fraction of sp³-hybridized carbons (Fsp3) is 0.273. The fourth-order valence-electron chi connectivity index (χ4n) is 1.18. The summed E-state index contributed by atoms with van der Waals surface area (Å²) in [5.41, 5.74) is 5.97. The molecule has 1 aromatic rings. The molecule has 6 heteroatoms. The second kappa shape index (κ2) is 6.24. The molecular formula is C11H14BrN3O2. The summed E-state index contributed by atoms with van der Waals surface area (Å²) in [6.45, 7) is 2.08. The van der Waals surface area contributed by atoms with Gasteiger partial charge in [-0.3, -0.25) is 4.79 Å². The van der Waals surface area contributed by atoms with Gasteiger partial charge in [0, 0.05) is 22.5 Å². The summed E-state index contributed by atoms with van der Waals surface area (Å²) in [5, 5.41) is 14.1. The Kier molecular flexibility index (Phi) is 4.96. The van der Waals surface area contributed by atoms with Crippen LogP contribution in [0.25, 0.3) is 0 Å². The van der Waals surface area contributed by atoms with Gasteiger partial charge < -0.3 is 16.3 Å². The largest absolute Gasteiger partial charge is 0.409 e. The van der Waals surface area contributed by atoms with E-state index >= 15 is 0 Å². The molecule has 0 aliphatic heterocycles. The molecule has 4 N–H and O–H groups in total. The number of amides is 1. The van der Waals surface area contributed by atoms with Crippen molar-refractivity contribution in [2.24, 2.45) is 16.8 Å². The van der Waals surface area contributed by atoms with Gasteiger partial charge in [-0.15, -0.1) is 0 Å². The van der Waals surface area contributed by atoms with Crippen LogP contribution in [-0.4, -0.2) is 23.5 Å². The molecule has 1 atom stereocenters. The SMILES string of the molecule is CC(CNC(=O)c1cccc(Br)c1)C(N)=NO. The van der Waals surface area contributed by atoms with Crippen molar-refractivity contribution in [3.05, 3.63) is 34.3 Å². The van der Waals surface area contributed by atoms with Gasteiger partial charge in [-0.2, -0.15) is 0 Å². The minimum atomic E-state index is -0.212. The van der Waals surface area contributed by atoms with E-state index in [0.29, 0.717) is 12.1 Å². The van der Waals surface area contributed by atoms with Gasteiger partial charge in [0.1, 0.15) is 5.84 Å². The van der Waals surface area contributed by atoms with Crippen molar-refractivity contribution in [2.75, 3.05) is 6.54 Å². The highest BCUT2D eigenvalue weighted by atomic mass is 79.9. The lowest BCUT2D eigenvalue weighted by Gasteiger charge is -2.11. The fourth-order valence-corrected chi connectivity index (χ4v) is 1.58. The van der Waals surface area contributed by atoms with Gasteiger partial charge in [-0.25, -0.2) is 0 Å². The maximum Gasteiger partial charge on any atom is 0.251 e. The third kappa shape index (κ3) is 4.07. The number of nitrogens with zero attached hydrogens (tertiary/aromatic N) is 1. The van der Waals surface area contributed by atoms with Crippen molar-refractivity contribution in [1.29, 1.82) is 0 Å². The van der Waals surface area contributed by atoms with Crippen molar-refractivity contribution < 1.29 is 10.0 Å². The zero-order chi connectivity index (χ0) is 12.8. The number of rotatable bonds is 4. The Morgan fingerprint density at radius 3 is 2.94 bits per heavy atom. The zero-order valence-corrected chi connectivity index (χ0v) is 10.9. The lowest BCUT2D eigenvalue weighted by atomic mass is 10.1. The molecular weight excluding hydrogens is 286 g/mol. The Bertz CT molecular complexity index is 434. The van der Waals surface area contributed by atoms with Gasteiger partial charge >= 0.3 is 0 Å². The summed E-state index contributed by atoms with van der Waals surface area (Å²) in [4.78, 5) is 11.7. The molecule has 1 amide bonds. The van der Waals surface area contributed by atoms with Crippen molar-refractivity contribution in [3.8, 4) is 0 Å². The highest BCUT2D eigenvalue weighted by Crippen LogP contribution is 2.11. The molecule has 0 bridgehead atoms. The second-order valence-corrected chi connectivity index (χ2v) is 4.56. The summed E-state index contributed by atoms with van der Waals surface area (Å²) in [7, 11) is 0. The quantitative estimate of drug-likeness (QED) is 0.341. The first-order valence-corrected chi connectivity index (χ1v) is 5.85. The first kappa shape index (κ1) is 13.5. The first-order valence-electron chi connectivity index (χ1n) is 5.05. The van der Waals surface area contributed by atoms with Crippen LogP contribution in [0.4, 0.5) is 0 Å². The van der Waals surface area contributed by atoms with Crippen molar-refractivity contribution >= 4 is 27.7 Å². The number of nitrogens with one attached hydrogen (secondary N) is 1. The van der Waals surface area contributed by atoms with E-state index in [9.17, 15) is 4.79 Å². The molecule has 5 nitrogen and oxygen atoms in total. The highest BCUT2D eigenvalue weighted by molar-refractivity contribution is 9.10. The molecule has 0 radical (unpaired) electrons. The third-order valence-electron chi connectivity index (χ3n) is 2.28. The molecule has 1 rings (SSSR count). The topological polar surface area (TPSA) is 87.7 Å². The van der Waals surface area contributed by atoms with Crippen LogP contribution in [0, 0.1) is 5.92 Å². The molecule has 17 heavy (non-hydrogen) atoms. The summed E-state index contributed by atoms with van der Waals surface area (Å²) < 4.78 is 0.842. The molecule has 1 unspecified atom stereocenters. The van der Waals surface area contributed by atoms with Crippen molar-refractivity contribution in [2.45, 2.75) is 6.92 Å². The minimum absolute atomic E-state index is 0.0968. The van der Waals surface area contributed by atoms with Crippen molar-refractivity contribution in [3.63, 3.8) is 0 Å². The number of oxime groups is 1. The van der Waals surface area contributed by atoms with Crippen LogP contribution in [0.15, 0.2) is 33.9 Å². The lowest BCUT2D eigenvalue weighted by molar-refractivity contribution is 0.0951. The maximum absolute atomic E-state index is 11.7. The number of nitrogens with two attached hydrogens (primary N) is 1. The molecule has 92 valence electrons. The lowest BCUT2D eigenvalue weighted by Crippen LogP contribution is -2.34. The summed E-state index contributed by atoms with van der Waals surface area (Å²) in [6.07, 6.45) is 0. The van der Waals surface area contributed by atoms with Crippen molar-refractivity contribution in [1.82, 2.24) is 5.32 Å². The van der Waals surface area contributed by atoms with E-state index < -0.39 is 0 Å². The number of hydrogen-bond acceptors (Lipinski definition) is 3. The Morgan fingerprint density at radius 2 is 2.35 bits per heavy atom. The second-order valence-electron chi connectivity index (χ2n) is 3.65. The summed E-state index contributed by atoms with van der Waals surface area (Å²) >= 11 is 3.29. The zero-order valence-electron chi connectivity index (χ0n) is 9.35. The van der Waals surface area contributed by atoms with E-state index in [4.69, 9.17) is 10.9 Å². The maximum atomic E-state index is 11.7. The van der Waals surface area contributed by atoms with Crippen LogP contribution in [0.3, 0.4) is 0 Å². The Morgan fingerprint density at radius 1 is 1.65 bits per heavy atom. The summed E-state index contributed by atoms with van der Waals surface area (Å²) in [6, 6.07) is 7.07. The Labute approximate surface area is 108 Å². The van der Waals surface area contributed by atoms with Gasteiger partial charge in [0.05, 0.1) is 0 Å². The van der Waals surface area contributed by atoms with Gasteiger partial charge in [0.2, 0.25) is 0 Å². The van der Waals surface area contributed by atoms with Crippen LogP contribution in [-0.2, 0) is 0 Å². The molecule has 0 aliphatic carbocycles. The van der Waals surface area contributed by atoms with E-state index in [1.807, 2.05) is 6.07 Å². The van der Waals surface area contributed by atoms with Gasteiger partial charge in [-0.05, 0) is 18.2 Å². The molecule has 0 aliphatic rings. The standard InChI is InChI=1S/C11H14BrN3O2/c1-7(10(13)15-17)6-14-11(16)8-3-2-4-9(12)5-8/h2-5,7,17H,6H2,1H3,(H2,13,15)(H,14,16). The van der Waals surface area contributed by atoms with E-state index in [-0.39, 0.29) is 17.7 Å². The van der Waals surface area contributed by atoms with Crippen LogP contribution >= 0.6 is 15.9 Å². The summed E-state index contributed by atoms with van der Waals surface area (Å²) in [5.74, 6) is -0.306. The predicted octanol–water partition coefficient (Wildman–Crippen LogP) is 1.56. The average molecular weight is 300 g/mol. The predicted molar refractivity (Wildman–Crippen MR) is 69.0 cm³/mol. The monoisotopic (exact) mass is 299 g/mol. The minimum Gasteiger partial charge on any atom is -0.409 e. The number of carbonyl (C=O) groups is 1. The number of hydrogen-bond donors (Lipinski definition) is 3. The number of amidine groups is 1. The Hall–Kier alpha value is -1.56. The van der Waals surface area contributed by atoms with Crippen LogP contribution in [0.5, 0.6) is 0 Å². The normalized spacial score (nSPS) is 13.2. The molecule has 0 spiro atoms. The molecule has 0 saturated heterocycles. The smallest absolute Gasteiger partial charge is 0.251 e. The average Bonchev–Trinajstić information content (AvgIpc) is 2.34. The molecule has 0 aromatic heterocycles. The van der Waals surface area contributed by atoms with E-state index in [2.05, 4.69) is 26.4 Å². The van der Waals surface area contributed by atoms with Crippen LogP contribution in [0.1, 0.15) is 17.3 Å². The van der Waals surface area contributed by atoms with Gasteiger partial charge in [0.25, 0.3) is 5.91 Å². The van der Waals surface area contributed by atoms with E-state index in [1.165, 1.54) is 0 Å². The number of benzene rings is 1. The highest BCUT2D eigenvalue weighted by Gasteiger charge is 2.10. The van der Waals surface area contributed by atoms with Gasteiger partial charge in [-0.1, -0.05) is 34.1 Å². The Balaban J connectivity index is 2.56. The molecule has 0 heterocycles. The molecule has 0 fully saturated rings. The first-order chi connectivity index (χ1) is 8.04. The molecule has 1 aromatic carbocycles. The van der Waals surface area contributed by atoms with Crippen LogP contribution in [0.2, 0.25) is 0 Å². The van der Waals surface area contributed by atoms with E-state index in [1.54, 1.807) is 25.1 Å². The third-order valence-corrected chi connectivity index (χ3v) is 2.77. The van der Waals surface area contributed by atoms with E-state index in [0.717, 1.165) is 4.47 Å². The number of carbonyl (C=O) groups excluding carboxylic acids is 1. The van der Waals surface area contributed by atoms with Gasteiger partial charge in [0.15, 0.2) is 0 Å². The molecule has 0 saturated carbocycles. The van der Waals surface area contributed by atoms with Crippen LogP contribution < -0.4 is 11.1 Å². The number of halogens is 1.